The maximum absolute atomic E-state index is 6.38. The number of likely N-dealkylation sites (N-methyl/N-ethyl adjacent to an activating group) is 1. The van der Waals surface area contributed by atoms with E-state index in [0.29, 0.717) is 0 Å². The summed E-state index contributed by atoms with van der Waals surface area (Å²) in [7, 11) is 0. The SMILES string of the molecule is CCNC(c1c(Cl)cnn1C(C)C)C1(C)CCCO1. The lowest BCUT2D eigenvalue weighted by molar-refractivity contribution is -0.0146. The van der Waals surface area contributed by atoms with Crippen molar-refractivity contribution < 1.29 is 4.74 Å². The van der Waals surface area contributed by atoms with Gasteiger partial charge in [-0.05, 0) is 40.2 Å². The predicted molar refractivity (Wildman–Crippen MR) is 77.6 cm³/mol. The van der Waals surface area contributed by atoms with Crippen LogP contribution in [-0.2, 0) is 4.74 Å². The fraction of sp³-hybridized carbons (Fsp3) is 0.786. The van der Waals surface area contributed by atoms with Crippen LogP contribution in [-0.4, -0.2) is 28.5 Å². The van der Waals surface area contributed by atoms with E-state index < -0.39 is 0 Å². The van der Waals surface area contributed by atoms with E-state index >= 15 is 0 Å². The molecule has 0 amide bonds. The van der Waals surface area contributed by atoms with Crippen LogP contribution in [0.1, 0.15) is 58.3 Å². The van der Waals surface area contributed by atoms with Gasteiger partial charge in [0, 0.05) is 12.6 Å². The van der Waals surface area contributed by atoms with Crippen LogP contribution < -0.4 is 5.32 Å². The normalized spacial score (nSPS) is 25.2. The highest BCUT2D eigenvalue weighted by Crippen LogP contribution is 2.40. The zero-order chi connectivity index (χ0) is 14.0. The van der Waals surface area contributed by atoms with E-state index in [2.05, 4.69) is 38.1 Å². The van der Waals surface area contributed by atoms with E-state index in [1.807, 2.05) is 4.68 Å². The van der Waals surface area contributed by atoms with Crippen molar-refractivity contribution >= 4 is 11.6 Å². The Kier molecular flexibility index (Phi) is 4.54. The molecule has 108 valence electrons. The Balaban J connectivity index is 2.41. The predicted octanol–water partition coefficient (Wildman–Crippen LogP) is 3.34. The molecule has 0 bridgehead atoms. The Morgan fingerprint density at radius 1 is 1.58 bits per heavy atom. The minimum atomic E-state index is -0.202. The Morgan fingerprint density at radius 3 is 2.84 bits per heavy atom. The number of hydrogen-bond acceptors (Lipinski definition) is 3. The van der Waals surface area contributed by atoms with E-state index in [1.54, 1.807) is 6.20 Å². The van der Waals surface area contributed by atoms with Crippen molar-refractivity contribution in [1.82, 2.24) is 15.1 Å². The highest BCUT2D eigenvalue weighted by Gasteiger charge is 2.41. The van der Waals surface area contributed by atoms with E-state index in [-0.39, 0.29) is 17.7 Å². The lowest BCUT2D eigenvalue weighted by atomic mass is 9.90. The van der Waals surface area contributed by atoms with Gasteiger partial charge in [0.2, 0.25) is 0 Å². The summed E-state index contributed by atoms with van der Waals surface area (Å²) in [5.41, 5.74) is 0.842. The molecule has 1 aromatic rings. The largest absolute Gasteiger partial charge is 0.373 e. The Morgan fingerprint density at radius 2 is 2.32 bits per heavy atom. The number of nitrogens with zero attached hydrogens (tertiary/aromatic N) is 2. The molecule has 5 heteroatoms. The van der Waals surface area contributed by atoms with Crippen molar-refractivity contribution in [2.45, 2.75) is 58.2 Å². The van der Waals surface area contributed by atoms with E-state index in [0.717, 1.165) is 36.7 Å². The molecule has 2 atom stereocenters. The second kappa shape index (κ2) is 5.81. The molecule has 2 rings (SSSR count). The highest BCUT2D eigenvalue weighted by molar-refractivity contribution is 6.31. The van der Waals surface area contributed by atoms with Crippen LogP contribution in [0.25, 0.3) is 0 Å². The first-order valence-electron chi connectivity index (χ1n) is 7.10. The number of ether oxygens (including phenoxy) is 1. The van der Waals surface area contributed by atoms with Gasteiger partial charge >= 0.3 is 0 Å². The van der Waals surface area contributed by atoms with Crippen molar-refractivity contribution in [2.75, 3.05) is 13.2 Å². The Bertz CT molecular complexity index is 424. The van der Waals surface area contributed by atoms with Crippen LogP contribution in [0.2, 0.25) is 5.02 Å². The van der Waals surface area contributed by atoms with Gasteiger partial charge in [-0.3, -0.25) is 4.68 Å². The topological polar surface area (TPSA) is 39.1 Å². The maximum Gasteiger partial charge on any atom is 0.0865 e. The number of rotatable bonds is 5. The molecule has 0 saturated carbocycles. The van der Waals surface area contributed by atoms with Crippen molar-refractivity contribution in [2.24, 2.45) is 0 Å². The third kappa shape index (κ3) is 2.81. The average Bonchev–Trinajstić information content (AvgIpc) is 2.94. The molecule has 1 saturated heterocycles. The summed E-state index contributed by atoms with van der Waals surface area (Å²) in [6.07, 6.45) is 3.88. The van der Waals surface area contributed by atoms with Crippen LogP contribution in [0.4, 0.5) is 0 Å². The fourth-order valence-electron chi connectivity index (χ4n) is 2.87. The molecule has 19 heavy (non-hydrogen) atoms. The zero-order valence-corrected chi connectivity index (χ0v) is 13.0. The first-order chi connectivity index (χ1) is 8.99. The molecule has 0 aromatic carbocycles. The molecule has 1 aliphatic heterocycles. The van der Waals surface area contributed by atoms with Gasteiger partial charge in [0.15, 0.2) is 0 Å². The zero-order valence-electron chi connectivity index (χ0n) is 12.2. The van der Waals surface area contributed by atoms with Crippen molar-refractivity contribution in [1.29, 1.82) is 0 Å². The van der Waals surface area contributed by atoms with E-state index in [4.69, 9.17) is 16.3 Å². The summed E-state index contributed by atoms with van der Waals surface area (Å²) < 4.78 is 8.01. The number of nitrogens with one attached hydrogen (secondary N) is 1. The third-order valence-electron chi connectivity index (χ3n) is 3.82. The van der Waals surface area contributed by atoms with Gasteiger partial charge in [-0.15, -0.1) is 0 Å². The average molecular weight is 286 g/mol. The summed E-state index contributed by atoms with van der Waals surface area (Å²) in [6.45, 7) is 10.2. The third-order valence-corrected chi connectivity index (χ3v) is 4.11. The van der Waals surface area contributed by atoms with Crippen LogP contribution in [0.3, 0.4) is 0 Å². The van der Waals surface area contributed by atoms with Crippen LogP contribution in [0.5, 0.6) is 0 Å². The summed E-state index contributed by atoms with van der Waals surface area (Å²) in [6, 6.07) is 0.367. The van der Waals surface area contributed by atoms with Gasteiger partial charge < -0.3 is 10.1 Å². The molecule has 2 unspecified atom stereocenters. The van der Waals surface area contributed by atoms with Crippen LogP contribution in [0, 0.1) is 0 Å². The van der Waals surface area contributed by atoms with Gasteiger partial charge in [-0.25, -0.2) is 0 Å². The van der Waals surface area contributed by atoms with Crippen LogP contribution in [0.15, 0.2) is 6.20 Å². The van der Waals surface area contributed by atoms with Crippen molar-refractivity contribution in [3.8, 4) is 0 Å². The quantitative estimate of drug-likeness (QED) is 0.902. The molecule has 0 radical (unpaired) electrons. The van der Waals surface area contributed by atoms with Gasteiger partial charge in [-0.2, -0.15) is 5.10 Å². The van der Waals surface area contributed by atoms with E-state index in [1.165, 1.54) is 0 Å². The standard InChI is InChI=1S/C14H24ClN3O/c1-5-16-13(14(4)7-6-8-19-14)12-11(15)9-17-18(12)10(2)3/h9-10,13,16H,5-8H2,1-4H3. The number of hydrogen-bond donors (Lipinski definition) is 1. The molecule has 1 N–H and O–H groups in total. The minimum Gasteiger partial charge on any atom is -0.373 e. The summed E-state index contributed by atoms with van der Waals surface area (Å²) in [5, 5.41) is 8.66. The highest BCUT2D eigenvalue weighted by atomic mass is 35.5. The minimum absolute atomic E-state index is 0.0809. The maximum atomic E-state index is 6.38. The number of aromatic nitrogens is 2. The second-order valence-corrected chi connectivity index (χ2v) is 6.08. The van der Waals surface area contributed by atoms with Gasteiger partial charge in [0.05, 0.1) is 28.6 Å². The van der Waals surface area contributed by atoms with Gasteiger partial charge in [-0.1, -0.05) is 18.5 Å². The molecular weight excluding hydrogens is 262 g/mol. The summed E-state index contributed by atoms with van der Waals surface area (Å²) >= 11 is 6.38. The van der Waals surface area contributed by atoms with E-state index in [9.17, 15) is 0 Å². The Labute approximate surface area is 120 Å². The second-order valence-electron chi connectivity index (χ2n) is 5.67. The molecular formula is C14H24ClN3O. The first-order valence-corrected chi connectivity index (χ1v) is 7.47. The lowest BCUT2D eigenvalue weighted by Crippen LogP contribution is -2.42. The monoisotopic (exact) mass is 285 g/mol. The molecule has 2 heterocycles. The molecule has 1 aromatic heterocycles. The summed E-state index contributed by atoms with van der Waals surface area (Å²) in [4.78, 5) is 0. The molecule has 0 aliphatic carbocycles. The summed E-state index contributed by atoms with van der Waals surface area (Å²) in [5.74, 6) is 0. The van der Waals surface area contributed by atoms with Crippen molar-refractivity contribution in [3.05, 3.63) is 16.9 Å². The molecule has 1 fully saturated rings. The fourth-order valence-corrected chi connectivity index (χ4v) is 3.11. The number of halogens is 1. The van der Waals surface area contributed by atoms with Crippen molar-refractivity contribution in [3.63, 3.8) is 0 Å². The Hall–Kier alpha value is -0.580. The smallest absolute Gasteiger partial charge is 0.0865 e. The first kappa shape index (κ1) is 14.8. The van der Waals surface area contributed by atoms with Gasteiger partial charge in [0.25, 0.3) is 0 Å². The molecule has 0 spiro atoms. The van der Waals surface area contributed by atoms with Gasteiger partial charge in [0.1, 0.15) is 0 Å². The molecule has 4 nitrogen and oxygen atoms in total. The molecule has 1 aliphatic rings. The van der Waals surface area contributed by atoms with Crippen LogP contribution >= 0.6 is 11.6 Å². The lowest BCUT2D eigenvalue weighted by Gasteiger charge is -2.35.